The fourth-order valence-electron chi connectivity index (χ4n) is 3.48. The highest BCUT2D eigenvalue weighted by Crippen LogP contribution is 2.13. The van der Waals surface area contributed by atoms with Crippen LogP contribution < -0.4 is 21.7 Å². The van der Waals surface area contributed by atoms with Gasteiger partial charge in [-0.15, -0.1) is 0 Å². The van der Waals surface area contributed by atoms with Crippen molar-refractivity contribution in [2.75, 3.05) is 0 Å². The number of carbonyl (C=O) groups is 5. The number of aromatic hydroxyl groups is 1. The molecule has 5 atom stereocenters. The average Bonchev–Trinajstić information content (AvgIpc) is 2.82. The van der Waals surface area contributed by atoms with Gasteiger partial charge in [0, 0.05) is 6.42 Å². The minimum atomic E-state index is -1.49. The van der Waals surface area contributed by atoms with Crippen LogP contribution in [0.2, 0.25) is 0 Å². The second kappa shape index (κ2) is 14.8. The van der Waals surface area contributed by atoms with Crippen LogP contribution in [-0.2, 0) is 30.4 Å². The zero-order chi connectivity index (χ0) is 28.3. The molecule has 0 aromatic heterocycles. The molecule has 0 saturated heterocycles. The van der Waals surface area contributed by atoms with Gasteiger partial charge in [-0.2, -0.15) is 0 Å². The summed E-state index contributed by atoms with van der Waals surface area (Å²) >= 11 is 0. The lowest BCUT2D eigenvalue weighted by Gasteiger charge is -2.26. The summed E-state index contributed by atoms with van der Waals surface area (Å²) in [4.78, 5) is 61.6. The number of amides is 3. The number of nitrogens with one attached hydrogen (secondary N) is 3. The van der Waals surface area contributed by atoms with Crippen LogP contribution in [-0.4, -0.2) is 69.1 Å². The first-order valence-corrected chi connectivity index (χ1v) is 12.1. The number of benzene rings is 1. The highest BCUT2D eigenvalue weighted by molar-refractivity contribution is 5.95. The quantitative estimate of drug-likeness (QED) is 0.169. The first-order chi connectivity index (χ1) is 17.2. The van der Waals surface area contributed by atoms with Crippen molar-refractivity contribution in [1.29, 1.82) is 0 Å². The maximum Gasteiger partial charge on any atom is 0.326 e. The third-order valence-corrected chi connectivity index (χ3v) is 5.90. The van der Waals surface area contributed by atoms with Crippen molar-refractivity contribution in [3.8, 4) is 5.75 Å². The predicted molar refractivity (Wildman–Crippen MR) is 134 cm³/mol. The number of phenolic OH excluding ortho intramolecular Hbond substituents is 1. The largest absolute Gasteiger partial charge is 0.508 e. The van der Waals surface area contributed by atoms with E-state index in [1.807, 2.05) is 6.92 Å². The van der Waals surface area contributed by atoms with Gasteiger partial charge < -0.3 is 37.0 Å². The van der Waals surface area contributed by atoms with E-state index >= 15 is 0 Å². The molecule has 0 spiro atoms. The van der Waals surface area contributed by atoms with Gasteiger partial charge in [0.25, 0.3) is 0 Å². The molecule has 0 saturated carbocycles. The summed E-state index contributed by atoms with van der Waals surface area (Å²) in [5.74, 6) is -5.32. The average molecular weight is 523 g/mol. The van der Waals surface area contributed by atoms with Crippen molar-refractivity contribution in [3.63, 3.8) is 0 Å². The molecule has 0 fully saturated rings. The smallest absolute Gasteiger partial charge is 0.326 e. The topological polar surface area (TPSA) is 208 Å². The number of carboxylic acid groups (broad SMARTS) is 2. The van der Waals surface area contributed by atoms with Gasteiger partial charge in [-0.3, -0.25) is 19.2 Å². The molecular formula is C25H38N4O8. The Balaban J connectivity index is 3.04. The van der Waals surface area contributed by atoms with Crippen LogP contribution in [0.3, 0.4) is 0 Å². The Kier molecular flexibility index (Phi) is 12.5. The monoisotopic (exact) mass is 522 g/mol. The molecule has 37 heavy (non-hydrogen) atoms. The zero-order valence-corrected chi connectivity index (χ0v) is 21.6. The van der Waals surface area contributed by atoms with Crippen LogP contribution in [0, 0.1) is 11.8 Å². The molecule has 1 aromatic rings. The third kappa shape index (κ3) is 10.9. The van der Waals surface area contributed by atoms with Crippen LogP contribution in [0.15, 0.2) is 24.3 Å². The first kappa shape index (κ1) is 31.4. The molecule has 0 radical (unpaired) electrons. The summed E-state index contributed by atoms with van der Waals surface area (Å²) in [5.41, 5.74) is 6.45. The molecule has 8 N–H and O–H groups in total. The van der Waals surface area contributed by atoms with Gasteiger partial charge >= 0.3 is 11.9 Å². The normalized spacial score (nSPS) is 15.1. The van der Waals surface area contributed by atoms with E-state index in [1.54, 1.807) is 20.8 Å². The van der Waals surface area contributed by atoms with Gasteiger partial charge in [-0.1, -0.05) is 46.2 Å². The highest BCUT2D eigenvalue weighted by atomic mass is 16.4. The van der Waals surface area contributed by atoms with E-state index < -0.39 is 60.2 Å². The van der Waals surface area contributed by atoms with E-state index in [-0.39, 0.29) is 30.4 Å². The maximum atomic E-state index is 13.0. The van der Waals surface area contributed by atoms with Gasteiger partial charge in [0.05, 0.1) is 12.5 Å². The molecule has 1 rings (SSSR count). The predicted octanol–water partition coefficient (Wildman–Crippen LogP) is 0.368. The number of carboxylic acids is 2. The molecule has 0 aliphatic heterocycles. The Bertz CT molecular complexity index is 951. The first-order valence-electron chi connectivity index (χ1n) is 12.1. The number of carbonyl (C=O) groups excluding carboxylic acids is 3. The number of hydrogen-bond acceptors (Lipinski definition) is 7. The van der Waals surface area contributed by atoms with Crippen LogP contribution in [0.25, 0.3) is 0 Å². The van der Waals surface area contributed by atoms with Crippen molar-refractivity contribution in [2.45, 2.75) is 77.5 Å². The van der Waals surface area contributed by atoms with Crippen LogP contribution >= 0.6 is 0 Å². The Hall–Kier alpha value is -3.67. The summed E-state index contributed by atoms with van der Waals surface area (Å²) in [5, 5.41) is 35.5. The number of hydrogen-bond donors (Lipinski definition) is 7. The van der Waals surface area contributed by atoms with Crippen molar-refractivity contribution in [1.82, 2.24) is 16.0 Å². The number of phenols is 1. The van der Waals surface area contributed by atoms with Gasteiger partial charge in [0.2, 0.25) is 17.7 Å². The minimum absolute atomic E-state index is 0.00693. The molecule has 5 unspecified atom stereocenters. The van der Waals surface area contributed by atoms with Crippen molar-refractivity contribution in [3.05, 3.63) is 29.8 Å². The zero-order valence-electron chi connectivity index (χ0n) is 21.6. The van der Waals surface area contributed by atoms with Crippen molar-refractivity contribution < 1.29 is 39.3 Å². The number of aliphatic carboxylic acids is 2. The second-order valence-corrected chi connectivity index (χ2v) is 9.53. The SMILES string of the molecule is CCC(C)C(N)C(=O)NC(CC(=O)O)C(=O)NC(CC(C)C)C(=O)NC(Cc1ccc(O)cc1)C(=O)O. The summed E-state index contributed by atoms with van der Waals surface area (Å²) in [6.45, 7) is 7.16. The lowest BCUT2D eigenvalue weighted by atomic mass is 9.98. The fraction of sp³-hybridized carbons (Fsp3) is 0.560. The molecule has 12 nitrogen and oxygen atoms in total. The Labute approximate surface area is 216 Å². The van der Waals surface area contributed by atoms with Gasteiger partial charge in [0.15, 0.2) is 0 Å². The summed E-state index contributed by atoms with van der Waals surface area (Å²) in [7, 11) is 0. The lowest BCUT2D eigenvalue weighted by Crippen LogP contribution is -2.58. The standard InChI is InChI=1S/C25H38N4O8/c1-5-14(4)21(26)24(35)28-18(12-20(31)32)23(34)27-17(10-13(2)3)22(33)29-19(25(36)37)11-15-6-8-16(30)9-7-15/h6-9,13-14,17-19,21,30H,5,10-12,26H2,1-4H3,(H,27,34)(H,28,35)(H,29,33)(H,31,32)(H,36,37). The molecule has 0 bridgehead atoms. The molecule has 0 aliphatic rings. The molecule has 0 aliphatic carbocycles. The highest BCUT2D eigenvalue weighted by Gasteiger charge is 2.32. The van der Waals surface area contributed by atoms with Crippen LogP contribution in [0.1, 0.15) is 52.5 Å². The van der Waals surface area contributed by atoms with Gasteiger partial charge in [0.1, 0.15) is 23.9 Å². The number of nitrogens with two attached hydrogens (primary N) is 1. The van der Waals surface area contributed by atoms with E-state index in [0.717, 1.165) is 0 Å². The summed E-state index contributed by atoms with van der Waals surface area (Å²) in [6.07, 6.45) is -0.0898. The summed E-state index contributed by atoms with van der Waals surface area (Å²) in [6, 6.07) is 0.860. The molecule has 0 heterocycles. The third-order valence-electron chi connectivity index (χ3n) is 5.90. The fourth-order valence-corrected chi connectivity index (χ4v) is 3.48. The Morgan fingerprint density at radius 1 is 0.838 bits per heavy atom. The minimum Gasteiger partial charge on any atom is -0.508 e. The van der Waals surface area contributed by atoms with E-state index in [1.165, 1.54) is 24.3 Å². The molecular weight excluding hydrogens is 484 g/mol. The van der Waals surface area contributed by atoms with E-state index in [9.17, 15) is 39.3 Å². The number of rotatable bonds is 15. The maximum absolute atomic E-state index is 13.0. The van der Waals surface area contributed by atoms with Gasteiger partial charge in [-0.25, -0.2) is 4.79 Å². The summed E-state index contributed by atoms with van der Waals surface area (Å²) < 4.78 is 0. The molecule has 3 amide bonds. The molecule has 12 heteroatoms. The van der Waals surface area contributed by atoms with E-state index in [2.05, 4.69) is 16.0 Å². The van der Waals surface area contributed by atoms with Crippen molar-refractivity contribution in [2.24, 2.45) is 17.6 Å². The molecule has 206 valence electrons. The van der Waals surface area contributed by atoms with E-state index in [0.29, 0.717) is 12.0 Å². The van der Waals surface area contributed by atoms with E-state index in [4.69, 9.17) is 5.73 Å². The lowest BCUT2D eigenvalue weighted by molar-refractivity contribution is -0.143. The van der Waals surface area contributed by atoms with Crippen LogP contribution in [0.5, 0.6) is 5.75 Å². The van der Waals surface area contributed by atoms with Crippen LogP contribution in [0.4, 0.5) is 0 Å². The molecule has 1 aromatic carbocycles. The second-order valence-electron chi connectivity index (χ2n) is 9.53. The Morgan fingerprint density at radius 3 is 1.84 bits per heavy atom. The van der Waals surface area contributed by atoms with Crippen molar-refractivity contribution >= 4 is 29.7 Å². The van der Waals surface area contributed by atoms with Gasteiger partial charge in [-0.05, 0) is 36.0 Å². The Morgan fingerprint density at radius 2 is 1.35 bits per heavy atom.